The van der Waals surface area contributed by atoms with Crippen LogP contribution in [-0.4, -0.2) is 124 Å². The van der Waals surface area contributed by atoms with Gasteiger partial charge in [-0.15, -0.1) is 0 Å². The molecule has 14 heteroatoms. The van der Waals surface area contributed by atoms with Crippen molar-refractivity contribution in [1.29, 1.82) is 0 Å². The minimum atomic E-state index is -0.337. The molecular formula is C46H44IN5O8. The molecule has 0 aromatic heterocycles. The van der Waals surface area contributed by atoms with Crippen LogP contribution in [0.2, 0.25) is 0 Å². The van der Waals surface area contributed by atoms with Crippen LogP contribution >= 0.6 is 0 Å². The lowest BCUT2D eigenvalue weighted by atomic mass is 10.1. The van der Waals surface area contributed by atoms with E-state index in [1.807, 2.05) is 0 Å². The molecule has 0 atom stereocenters. The van der Waals surface area contributed by atoms with Crippen LogP contribution in [0.15, 0.2) is 97.1 Å². The predicted molar refractivity (Wildman–Crippen MR) is 215 cm³/mol. The van der Waals surface area contributed by atoms with Gasteiger partial charge in [-0.1, -0.05) is 48.5 Å². The molecule has 4 aliphatic heterocycles. The monoisotopic (exact) mass is 921 g/mol. The van der Waals surface area contributed by atoms with Gasteiger partial charge in [-0.3, -0.25) is 58.0 Å². The summed E-state index contributed by atoms with van der Waals surface area (Å²) in [5.41, 5.74) is 3.06. The highest BCUT2D eigenvalue weighted by Gasteiger charge is 2.39. The molecule has 8 rings (SSSR count). The highest BCUT2D eigenvalue weighted by Crippen LogP contribution is 2.28. The number of rotatable bonds is 18. The van der Waals surface area contributed by atoms with Crippen LogP contribution in [0, 0.1) is 0 Å². The lowest BCUT2D eigenvalue weighted by molar-refractivity contribution is -0.929. The van der Waals surface area contributed by atoms with Crippen molar-refractivity contribution in [2.75, 3.05) is 52.4 Å². The molecule has 60 heavy (non-hydrogen) atoms. The molecule has 308 valence electrons. The summed E-state index contributed by atoms with van der Waals surface area (Å²) in [6, 6.07) is 27.1. The highest BCUT2D eigenvalue weighted by atomic mass is 127. The van der Waals surface area contributed by atoms with Crippen molar-refractivity contribution in [3.05, 3.63) is 142 Å². The van der Waals surface area contributed by atoms with E-state index in [1.165, 1.54) is 19.6 Å². The van der Waals surface area contributed by atoms with Crippen LogP contribution < -0.4 is 24.0 Å². The zero-order valence-electron chi connectivity index (χ0n) is 33.0. The van der Waals surface area contributed by atoms with E-state index in [4.69, 9.17) is 0 Å². The Balaban J connectivity index is 0.00000544. The molecule has 4 heterocycles. The molecule has 0 bridgehead atoms. The van der Waals surface area contributed by atoms with E-state index in [0.29, 0.717) is 114 Å². The normalized spacial score (nSPS) is 15.6. The fraction of sp³-hybridized carbons (Fsp3) is 0.304. The molecule has 0 aliphatic carbocycles. The number of amides is 8. The van der Waals surface area contributed by atoms with E-state index in [9.17, 15) is 38.4 Å². The van der Waals surface area contributed by atoms with E-state index in [0.717, 1.165) is 0 Å². The molecule has 13 nitrogen and oxygen atoms in total. The highest BCUT2D eigenvalue weighted by molar-refractivity contribution is 6.23. The van der Waals surface area contributed by atoms with Gasteiger partial charge in [0.25, 0.3) is 47.3 Å². The summed E-state index contributed by atoms with van der Waals surface area (Å²) < 4.78 is 0.483. The number of imide groups is 4. The van der Waals surface area contributed by atoms with Gasteiger partial charge in [0.15, 0.2) is 0 Å². The second-order valence-electron chi connectivity index (χ2n) is 15.6. The molecule has 4 aromatic rings. The van der Waals surface area contributed by atoms with Crippen molar-refractivity contribution in [3.63, 3.8) is 0 Å². The summed E-state index contributed by atoms with van der Waals surface area (Å²) >= 11 is 0. The van der Waals surface area contributed by atoms with Crippen LogP contribution in [0.1, 0.15) is 121 Å². The Labute approximate surface area is 364 Å². The van der Waals surface area contributed by atoms with Gasteiger partial charge in [0, 0.05) is 39.0 Å². The van der Waals surface area contributed by atoms with Crippen molar-refractivity contribution in [2.45, 2.75) is 38.5 Å². The van der Waals surface area contributed by atoms with Crippen LogP contribution in [0.3, 0.4) is 0 Å². The summed E-state index contributed by atoms with van der Waals surface area (Å²) in [5.74, 6) is -2.62. The third-order valence-corrected chi connectivity index (χ3v) is 12.1. The Morgan fingerprint density at radius 2 is 0.467 bits per heavy atom. The predicted octanol–water partition coefficient (Wildman–Crippen LogP) is 2.33. The second kappa shape index (κ2) is 17.8. The molecule has 0 N–H and O–H groups in total. The molecule has 0 saturated heterocycles. The molecule has 4 aliphatic rings. The molecule has 0 saturated carbocycles. The van der Waals surface area contributed by atoms with Crippen molar-refractivity contribution in [3.8, 4) is 0 Å². The molecular weight excluding hydrogens is 877 g/mol. The maximum absolute atomic E-state index is 13.3. The van der Waals surface area contributed by atoms with E-state index < -0.39 is 0 Å². The SMILES string of the molecule is O=C1c2ccccc2C(=O)N1CCCC[N+](CCCCN1C(=O)c2ccccc2C1=O)(CCCN1C(=O)c2ccccc2C1=O)CCCN1C(=O)c2ccccc2C1=O.[I-]. The number of carbonyl (C=O) groups excluding carboxylic acids is 8. The molecule has 0 fully saturated rings. The maximum Gasteiger partial charge on any atom is 0.261 e. The van der Waals surface area contributed by atoms with E-state index in [2.05, 4.69) is 0 Å². The van der Waals surface area contributed by atoms with Crippen LogP contribution in [-0.2, 0) is 0 Å². The number of unbranched alkanes of at least 4 members (excludes halogenated alkanes) is 2. The Kier molecular flexibility index (Phi) is 12.5. The second-order valence-corrected chi connectivity index (χ2v) is 15.6. The number of halogens is 1. The van der Waals surface area contributed by atoms with Crippen molar-refractivity contribution < 1.29 is 66.8 Å². The summed E-state index contributed by atoms with van der Waals surface area (Å²) in [6.07, 6.45) is 3.22. The van der Waals surface area contributed by atoms with Gasteiger partial charge < -0.3 is 28.5 Å². The first kappa shape index (κ1) is 42.3. The molecule has 8 amide bonds. The Morgan fingerprint density at radius 1 is 0.283 bits per heavy atom. The summed E-state index contributed by atoms with van der Waals surface area (Å²) in [7, 11) is 0. The number of carbonyl (C=O) groups is 8. The lowest BCUT2D eigenvalue weighted by Crippen LogP contribution is -3.00. The minimum absolute atomic E-state index is 0. The van der Waals surface area contributed by atoms with Crippen molar-refractivity contribution in [1.82, 2.24) is 19.6 Å². The number of benzene rings is 4. The summed E-state index contributed by atoms with van der Waals surface area (Å²) in [5, 5.41) is 0. The zero-order chi connectivity index (χ0) is 41.3. The Bertz CT molecular complexity index is 2130. The van der Waals surface area contributed by atoms with E-state index in [-0.39, 0.29) is 97.4 Å². The van der Waals surface area contributed by atoms with E-state index >= 15 is 0 Å². The van der Waals surface area contributed by atoms with Gasteiger partial charge in [0.2, 0.25) is 0 Å². The van der Waals surface area contributed by atoms with Gasteiger partial charge in [-0.25, -0.2) is 0 Å². The standard InChI is InChI=1S/C46H44N5O8.HI/c52-39-31-15-1-2-16-32(31)40(53)47(39)23-9-11-27-51(29-13-25-49-43(56)35-19-5-6-20-36(35)44(49)57,30-14-26-50-45(58)37-21-7-8-22-38(37)46(50)59)28-12-10-24-48-41(54)33-17-3-4-18-34(33)42(48)55;/h1-8,15-22H,9-14,23-30H2;1H/q+1;/p-1. The fourth-order valence-electron chi connectivity index (χ4n) is 9.00. The Morgan fingerprint density at radius 3 is 0.683 bits per heavy atom. The quantitative estimate of drug-likeness (QED) is 0.0640. The van der Waals surface area contributed by atoms with Gasteiger partial charge in [0.1, 0.15) is 0 Å². The Hall–Kier alpha value is -5.87. The molecule has 0 spiro atoms. The first-order chi connectivity index (χ1) is 28.6. The van der Waals surface area contributed by atoms with Crippen molar-refractivity contribution in [2.24, 2.45) is 0 Å². The number of quaternary nitrogens is 1. The first-order valence-electron chi connectivity index (χ1n) is 20.3. The summed E-state index contributed by atoms with van der Waals surface area (Å²) in [4.78, 5) is 111. The van der Waals surface area contributed by atoms with Gasteiger partial charge >= 0.3 is 0 Å². The molecule has 0 unspecified atom stereocenters. The van der Waals surface area contributed by atoms with Gasteiger partial charge in [0.05, 0.1) is 70.7 Å². The third kappa shape index (κ3) is 7.81. The largest absolute Gasteiger partial charge is 1.00 e. The van der Waals surface area contributed by atoms with Crippen LogP contribution in [0.25, 0.3) is 0 Å². The number of fused-ring (bicyclic) bond motifs is 4. The number of hydrogen-bond donors (Lipinski definition) is 0. The van der Waals surface area contributed by atoms with Crippen LogP contribution in [0.5, 0.6) is 0 Å². The zero-order valence-corrected chi connectivity index (χ0v) is 35.2. The van der Waals surface area contributed by atoms with Gasteiger partial charge in [-0.2, -0.15) is 0 Å². The van der Waals surface area contributed by atoms with Crippen LogP contribution in [0.4, 0.5) is 0 Å². The first-order valence-corrected chi connectivity index (χ1v) is 20.3. The molecule has 4 aromatic carbocycles. The topological polar surface area (TPSA) is 150 Å². The average Bonchev–Trinajstić information content (AvgIpc) is 3.85. The smallest absolute Gasteiger partial charge is 0.261 e. The molecule has 0 radical (unpaired) electrons. The maximum atomic E-state index is 13.3. The third-order valence-electron chi connectivity index (χ3n) is 12.1. The number of nitrogens with zero attached hydrogens (tertiary/aromatic N) is 5. The van der Waals surface area contributed by atoms with E-state index in [1.54, 1.807) is 97.1 Å². The lowest BCUT2D eigenvalue weighted by Gasteiger charge is -2.40. The van der Waals surface area contributed by atoms with Gasteiger partial charge in [-0.05, 0) is 74.2 Å². The average molecular weight is 922 g/mol. The number of hydrogen-bond acceptors (Lipinski definition) is 8. The van der Waals surface area contributed by atoms with Crippen molar-refractivity contribution >= 4 is 47.3 Å². The minimum Gasteiger partial charge on any atom is -1.00 e. The fourth-order valence-corrected chi connectivity index (χ4v) is 9.00. The summed E-state index contributed by atoms with van der Waals surface area (Å²) in [6.45, 7) is 3.11.